The number of halogens is 1. The standard InChI is InChI=1S/C16H23N3O4.ClH/c17-14(12-3-10-22-11-4-12)16(21)19-7-5-18(6-8-19)15(20)13-2-1-9-23-13;/h1-2,9,12,14H,3-8,10-11,17H2;1H. The summed E-state index contributed by atoms with van der Waals surface area (Å²) in [7, 11) is 0. The molecular formula is C16H24ClN3O4. The van der Waals surface area contributed by atoms with Crippen LogP contribution in [0.15, 0.2) is 22.8 Å². The van der Waals surface area contributed by atoms with Crippen LogP contribution in [-0.4, -0.2) is 67.0 Å². The lowest BCUT2D eigenvalue weighted by Crippen LogP contribution is -2.56. The molecule has 134 valence electrons. The normalized spacial score (nSPS) is 20.4. The number of carbonyl (C=O) groups excluding carboxylic acids is 2. The highest BCUT2D eigenvalue weighted by atomic mass is 35.5. The summed E-state index contributed by atoms with van der Waals surface area (Å²) in [5.41, 5.74) is 6.15. The first kappa shape index (κ1) is 18.8. The average molecular weight is 358 g/mol. The molecule has 0 radical (unpaired) electrons. The molecule has 1 aromatic heterocycles. The maximum Gasteiger partial charge on any atom is 0.289 e. The van der Waals surface area contributed by atoms with Gasteiger partial charge in [0.1, 0.15) is 0 Å². The van der Waals surface area contributed by atoms with Crippen molar-refractivity contribution in [1.82, 2.24) is 9.80 Å². The molecule has 7 nitrogen and oxygen atoms in total. The minimum Gasteiger partial charge on any atom is -0.459 e. The molecule has 2 aliphatic rings. The second kappa shape index (κ2) is 8.50. The summed E-state index contributed by atoms with van der Waals surface area (Å²) in [5.74, 6) is 0.389. The van der Waals surface area contributed by atoms with Gasteiger partial charge in [0.05, 0.1) is 12.3 Å². The molecule has 8 heteroatoms. The van der Waals surface area contributed by atoms with Crippen LogP contribution >= 0.6 is 12.4 Å². The number of furan rings is 1. The Morgan fingerprint density at radius 3 is 2.33 bits per heavy atom. The molecule has 3 heterocycles. The van der Waals surface area contributed by atoms with Gasteiger partial charge in [-0.25, -0.2) is 0 Å². The molecule has 0 saturated carbocycles. The molecule has 0 aliphatic carbocycles. The Labute approximate surface area is 147 Å². The van der Waals surface area contributed by atoms with Crippen LogP contribution in [0, 0.1) is 5.92 Å². The summed E-state index contributed by atoms with van der Waals surface area (Å²) in [6, 6.07) is 2.88. The van der Waals surface area contributed by atoms with Crippen molar-refractivity contribution in [2.45, 2.75) is 18.9 Å². The third-order valence-corrected chi connectivity index (χ3v) is 4.67. The Morgan fingerprint density at radius 2 is 1.75 bits per heavy atom. The van der Waals surface area contributed by atoms with Gasteiger partial charge in [0.15, 0.2) is 5.76 Å². The van der Waals surface area contributed by atoms with Crippen molar-refractivity contribution in [1.29, 1.82) is 0 Å². The zero-order valence-corrected chi connectivity index (χ0v) is 14.4. The summed E-state index contributed by atoms with van der Waals surface area (Å²) >= 11 is 0. The fourth-order valence-corrected chi connectivity index (χ4v) is 3.17. The van der Waals surface area contributed by atoms with E-state index >= 15 is 0 Å². The van der Waals surface area contributed by atoms with Gasteiger partial charge in [-0.05, 0) is 30.9 Å². The zero-order chi connectivity index (χ0) is 16.2. The molecule has 0 bridgehead atoms. The Morgan fingerprint density at radius 1 is 1.12 bits per heavy atom. The molecule has 24 heavy (non-hydrogen) atoms. The Balaban J connectivity index is 0.00000208. The van der Waals surface area contributed by atoms with Crippen LogP contribution in [0.1, 0.15) is 23.4 Å². The predicted octanol–water partition coefficient (Wildman–Crippen LogP) is 0.740. The van der Waals surface area contributed by atoms with Gasteiger partial charge >= 0.3 is 0 Å². The Kier molecular flexibility index (Phi) is 6.65. The number of carbonyl (C=O) groups is 2. The van der Waals surface area contributed by atoms with Crippen LogP contribution in [0.25, 0.3) is 0 Å². The van der Waals surface area contributed by atoms with Crippen LogP contribution in [-0.2, 0) is 9.53 Å². The van der Waals surface area contributed by atoms with E-state index in [1.807, 2.05) is 0 Å². The van der Waals surface area contributed by atoms with Crippen molar-refractivity contribution in [2.24, 2.45) is 11.7 Å². The minimum absolute atomic E-state index is 0. The molecular weight excluding hydrogens is 334 g/mol. The third kappa shape index (κ3) is 4.09. The molecule has 2 N–H and O–H groups in total. The van der Waals surface area contributed by atoms with Gasteiger partial charge in [0, 0.05) is 39.4 Å². The molecule has 2 amide bonds. The molecule has 2 fully saturated rings. The summed E-state index contributed by atoms with van der Waals surface area (Å²) in [5, 5.41) is 0. The van der Waals surface area contributed by atoms with E-state index < -0.39 is 6.04 Å². The summed E-state index contributed by atoms with van der Waals surface area (Å²) in [6.45, 7) is 3.40. The lowest BCUT2D eigenvalue weighted by molar-refractivity contribution is -0.136. The quantitative estimate of drug-likeness (QED) is 0.861. The molecule has 1 atom stereocenters. The van der Waals surface area contributed by atoms with Gasteiger partial charge < -0.3 is 24.7 Å². The van der Waals surface area contributed by atoms with Crippen LogP contribution in [0.5, 0.6) is 0 Å². The number of piperazine rings is 1. The first-order valence-corrected chi connectivity index (χ1v) is 8.11. The first-order valence-electron chi connectivity index (χ1n) is 8.11. The van der Waals surface area contributed by atoms with Crippen molar-refractivity contribution in [3.63, 3.8) is 0 Å². The van der Waals surface area contributed by atoms with Gasteiger partial charge in [-0.15, -0.1) is 12.4 Å². The first-order chi connectivity index (χ1) is 11.2. The molecule has 3 rings (SSSR count). The number of hydrogen-bond acceptors (Lipinski definition) is 5. The van der Waals surface area contributed by atoms with Crippen LogP contribution in [0.4, 0.5) is 0 Å². The maximum atomic E-state index is 12.5. The van der Waals surface area contributed by atoms with E-state index in [1.165, 1.54) is 6.26 Å². The monoisotopic (exact) mass is 357 g/mol. The number of ether oxygens (including phenoxy) is 1. The van der Waals surface area contributed by atoms with Gasteiger partial charge in [-0.2, -0.15) is 0 Å². The highest BCUT2D eigenvalue weighted by Gasteiger charge is 2.32. The van der Waals surface area contributed by atoms with Crippen LogP contribution < -0.4 is 5.73 Å². The van der Waals surface area contributed by atoms with Gasteiger partial charge in [-0.1, -0.05) is 0 Å². The van der Waals surface area contributed by atoms with Crippen molar-refractivity contribution in [2.75, 3.05) is 39.4 Å². The molecule has 1 aromatic rings. The summed E-state index contributed by atoms with van der Waals surface area (Å²) in [4.78, 5) is 28.2. The topological polar surface area (TPSA) is 89.0 Å². The van der Waals surface area contributed by atoms with E-state index in [4.69, 9.17) is 14.9 Å². The molecule has 2 aliphatic heterocycles. The minimum atomic E-state index is -0.466. The Hall–Kier alpha value is -1.57. The number of hydrogen-bond donors (Lipinski definition) is 1. The van der Waals surface area contributed by atoms with Crippen molar-refractivity contribution < 1.29 is 18.7 Å². The maximum absolute atomic E-state index is 12.5. The van der Waals surface area contributed by atoms with Gasteiger partial charge in [0.25, 0.3) is 5.91 Å². The highest BCUT2D eigenvalue weighted by Crippen LogP contribution is 2.19. The second-order valence-electron chi connectivity index (χ2n) is 6.07. The van der Waals surface area contributed by atoms with E-state index in [9.17, 15) is 9.59 Å². The average Bonchev–Trinajstić information content (AvgIpc) is 3.15. The van der Waals surface area contributed by atoms with Crippen molar-refractivity contribution in [3.8, 4) is 0 Å². The third-order valence-electron chi connectivity index (χ3n) is 4.67. The Bertz CT molecular complexity index is 538. The lowest BCUT2D eigenvalue weighted by Gasteiger charge is -2.37. The SMILES string of the molecule is Cl.NC(C(=O)N1CCN(C(=O)c2ccco2)CC1)C1CCOCC1. The second-order valence-corrected chi connectivity index (χ2v) is 6.07. The predicted molar refractivity (Wildman–Crippen MR) is 90.0 cm³/mol. The molecule has 0 aromatic carbocycles. The van der Waals surface area contributed by atoms with E-state index in [2.05, 4.69) is 0 Å². The molecule has 0 spiro atoms. The van der Waals surface area contributed by atoms with E-state index in [0.29, 0.717) is 45.2 Å². The van der Waals surface area contributed by atoms with Crippen molar-refractivity contribution in [3.05, 3.63) is 24.2 Å². The van der Waals surface area contributed by atoms with Crippen LogP contribution in [0.2, 0.25) is 0 Å². The smallest absolute Gasteiger partial charge is 0.289 e. The summed E-state index contributed by atoms with van der Waals surface area (Å²) < 4.78 is 10.5. The van der Waals surface area contributed by atoms with Crippen molar-refractivity contribution >= 4 is 24.2 Å². The molecule has 1 unspecified atom stereocenters. The van der Waals surface area contributed by atoms with Gasteiger partial charge in [0.2, 0.25) is 5.91 Å². The largest absolute Gasteiger partial charge is 0.459 e. The molecule has 2 saturated heterocycles. The highest BCUT2D eigenvalue weighted by molar-refractivity contribution is 5.91. The number of nitrogens with two attached hydrogens (primary N) is 1. The zero-order valence-electron chi connectivity index (χ0n) is 13.6. The fraction of sp³-hybridized carbons (Fsp3) is 0.625. The lowest BCUT2D eigenvalue weighted by atomic mass is 9.91. The summed E-state index contributed by atoms with van der Waals surface area (Å²) in [6.07, 6.45) is 3.16. The fourth-order valence-electron chi connectivity index (χ4n) is 3.17. The number of amides is 2. The van der Waals surface area contributed by atoms with E-state index in [1.54, 1.807) is 21.9 Å². The van der Waals surface area contributed by atoms with Crippen LogP contribution in [0.3, 0.4) is 0 Å². The van der Waals surface area contributed by atoms with Gasteiger partial charge in [-0.3, -0.25) is 9.59 Å². The van der Waals surface area contributed by atoms with E-state index in [0.717, 1.165) is 12.8 Å². The van der Waals surface area contributed by atoms with E-state index in [-0.39, 0.29) is 30.1 Å². The number of rotatable bonds is 3. The number of nitrogens with zero attached hydrogens (tertiary/aromatic N) is 2.